The van der Waals surface area contributed by atoms with E-state index in [1.54, 1.807) is 0 Å². The second-order valence-corrected chi connectivity index (χ2v) is 6.14. The van der Waals surface area contributed by atoms with E-state index in [1.165, 1.54) is 35.1 Å². The Bertz CT molecular complexity index is 422. The zero-order valence-corrected chi connectivity index (χ0v) is 12.9. The van der Waals surface area contributed by atoms with Crippen LogP contribution in [0, 0.1) is 20.8 Å². The number of rotatable bonds is 7. The van der Waals surface area contributed by atoms with Crippen LogP contribution in [0.1, 0.15) is 35.1 Å². The number of aryl methyl sites for hydroxylation is 3. The fourth-order valence-electron chi connectivity index (χ4n) is 2.46. The molecular formula is C17H28N2. The summed E-state index contributed by atoms with van der Waals surface area (Å²) in [5.41, 5.74) is 5.76. The Morgan fingerprint density at radius 3 is 2.42 bits per heavy atom. The fraction of sp³-hybridized carbons (Fsp3) is 0.647. The number of nitrogens with one attached hydrogen (secondary N) is 1. The summed E-state index contributed by atoms with van der Waals surface area (Å²) in [6.45, 7) is 10.1. The monoisotopic (exact) mass is 260 g/mol. The molecule has 0 aromatic heterocycles. The van der Waals surface area contributed by atoms with E-state index in [0.29, 0.717) is 0 Å². The zero-order valence-electron chi connectivity index (χ0n) is 12.9. The van der Waals surface area contributed by atoms with Gasteiger partial charge in [-0.25, -0.2) is 0 Å². The van der Waals surface area contributed by atoms with Crippen molar-refractivity contribution in [2.45, 2.75) is 46.1 Å². The van der Waals surface area contributed by atoms with E-state index in [4.69, 9.17) is 0 Å². The summed E-state index contributed by atoms with van der Waals surface area (Å²) in [6.07, 6.45) is 3.92. The summed E-state index contributed by atoms with van der Waals surface area (Å²) in [5.74, 6) is 0. The summed E-state index contributed by atoms with van der Waals surface area (Å²) >= 11 is 0. The van der Waals surface area contributed by atoms with E-state index in [2.05, 4.69) is 50.2 Å². The Labute approximate surface area is 118 Å². The minimum Gasteiger partial charge on any atom is -0.313 e. The SMILES string of the molecule is Cc1cc(C)c(CCN(C)CCNC2CC2)cc1C. The summed E-state index contributed by atoms with van der Waals surface area (Å²) < 4.78 is 0. The molecule has 106 valence electrons. The highest BCUT2D eigenvalue weighted by molar-refractivity contribution is 5.36. The molecule has 0 spiro atoms. The Morgan fingerprint density at radius 1 is 1.05 bits per heavy atom. The summed E-state index contributed by atoms with van der Waals surface area (Å²) in [7, 11) is 2.23. The standard InChI is InChI=1S/C17H28N2/c1-13-11-15(3)16(12-14(13)2)7-9-19(4)10-8-18-17-5-6-17/h11-12,17-18H,5-10H2,1-4H3. The van der Waals surface area contributed by atoms with Gasteiger partial charge in [0.15, 0.2) is 0 Å². The maximum atomic E-state index is 3.57. The highest BCUT2D eigenvalue weighted by Gasteiger charge is 2.19. The largest absolute Gasteiger partial charge is 0.313 e. The minimum atomic E-state index is 0.829. The van der Waals surface area contributed by atoms with E-state index in [9.17, 15) is 0 Å². The molecule has 1 fully saturated rings. The third-order valence-electron chi connectivity index (χ3n) is 4.22. The number of hydrogen-bond donors (Lipinski definition) is 1. The van der Waals surface area contributed by atoms with E-state index < -0.39 is 0 Å². The van der Waals surface area contributed by atoms with Crippen LogP contribution in [-0.4, -0.2) is 37.6 Å². The van der Waals surface area contributed by atoms with Crippen LogP contribution in [0.4, 0.5) is 0 Å². The number of likely N-dealkylation sites (N-methyl/N-ethyl adjacent to an activating group) is 1. The highest BCUT2D eigenvalue weighted by Crippen LogP contribution is 2.18. The lowest BCUT2D eigenvalue weighted by Gasteiger charge is -2.18. The second kappa shape index (κ2) is 6.53. The van der Waals surface area contributed by atoms with Crippen molar-refractivity contribution in [1.29, 1.82) is 0 Å². The van der Waals surface area contributed by atoms with Gasteiger partial charge in [-0.15, -0.1) is 0 Å². The van der Waals surface area contributed by atoms with Crippen LogP contribution >= 0.6 is 0 Å². The molecule has 1 aliphatic rings. The lowest BCUT2D eigenvalue weighted by Crippen LogP contribution is -2.31. The Balaban J connectivity index is 1.75. The third kappa shape index (κ3) is 4.63. The van der Waals surface area contributed by atoms with Gasteiger partial charge in [0, 0.05) is 25.7 Å². The summed E-state index contributed by atoms with van der Waals surface area (Å²) in [5, 5.41) is 3.57. The van der Waals surface area contributed by atoms with Crippen molar-refractivity contribution in [3.63, 3.8) is 0 Å². The average Bonchev–Trinajstić information content (AvgIpc) is 3.16. The minimum absolute atomic E-state index is 0.829. The van der Waals surface area contributed by atoms with Crippen molar-refractivity contribution in [3.05, 3.63) is 34.4 Å². The van der Waals surface area contributed by atoms with Gasteiger partial charge in [0.1, 0.15) is 0 Å². The van der Waals surface area contributed by atoms with E-state index in [0.717, 1.165) is 32.1 Å². The van der Waals surface area contributed by atoms with Crippen LogP contribution in [0.3, 0.4) is 0 Å². The molecule has 0 bridgehead atoms. The molecule has 0 unspecified atom stereocenters. The topological polar surface area (TPSA) is 15.3 Å². The van der Waals surface area contributed by atoms with E-state index in [1.807, 2.05) is 0 Å². The molecule has 2 heteroatoms. The summed E-state index contributed by atoms with van der Waals surface area (Å²) in [4.78, 5) is 2.43. The van der Waals surface area contributed by atoms with Gasteiger partial charge < -0.3 is 10.2 Å². The van der Waals surface area contributed by atoms with Crippen LogP contribution in [0.25, 0.3) is 0 Å². The van der Waals surface area contributed by atoms with Crippen molar-refractivity contribution in [1.82, 2.24) is 10.2 Å². The molecule has 1 aromatic carbocycles. The lowest BCUT2D eigenvalue weighted by atomic mass is 9.99. The highest BCUT2D eigenvalue weighted by atomic mass is 15.1. The van der Waals surface area contributed by atoms with Gasteiger partial charge in [-0.1, -0.05) is 12.1 Å². The van der Waals surface area contributed by atoms with Crippen LogP contribution in [-0.2, 0) is 6.42 Å². The first kappa shape index (κ1) is 14.5. The molecule has 0 radical (unpaired) electrons. The Morgan fingerprint density at radius 2 is 1.74 bits per heavy atom. The van der Waals surface area contributed by atoms with Crippen molar-refractivity contribution in [2.75, 3.05) is 26.7 Å². The molecule has 2 nitrogen and oxygen atoms in total. The lowest BCUT2D eigenvalue weighted by molar-refractivity contribution is 0.335. The fourth-order valence-corrected chi connectivity index (χ4v) is 2.46. The maximum absolute atomic E-state index is 3.57. The van der Waals surface area contributed by atoms with E-state index in [-0.39, 0.29) is 0 Å². The second-order valence-electron chi connectivity index (χ2n) is 6.14. The van der Waals surface area contributed by atoms with Gasteiger partial charge >= 0.3 is 0 Å². The van der Waals surface area contributed by atoms with Gasteiger partial charge in [0.05, 0.1) is 0 Å². The number of benzene rings is 1. The molecule has 1 aliphatic carbocycles. The van der Waals surface area contributed by atoms with Gasteiger partial charge in [0.2, 0.25) is 0 Å². The maximum Gasteiger partial charge on any atom is 0.0104 e. The summed E-state index contributed by atoms with van der Waals surface area (Å²) in [6, 6.07) is 5.51. The first-order valence-electron chi connectivity index (χ1n) is 7.55. The molecule has 2 rings (SSSR count). The van der Waals surface area contributed by atoms with Crippen molar-refractivity contribution in [3.8, 4) is 0 Å². The van der Waals surface area contributed by atoms with Crippen molar-refractivity contribution >= 4 is 0 Å². The van der Waals surface area contributed by atoms with Crippen LogP contribution in [0.15, 0.2) is 12.1 Å². The predicted octanol–water partition coefficient (Wildman–Crippen LogP) is 2.84. The zero-order chi connectivity index (χ0) is 13.8. The van der Waals surface area contributed by atoms with Crippen LogP contribution in [0.5, 0.6) is 0 Å². The molecule has 0 saturated heterocycles. The quantitative estimate of drug-likeness (QED) is 0.811. The molecule has 0 atom stereocenters. The molecule has 0 amide bonds. The molecule has 1 aromatic rings. The first-order valence-corrected chi connectivity index (χ1v) is 7.55. The Kier molecular flexibility index (Phi) is 5.00. The number of hydrogen-bond acceptors (Lipinski definition) is 2. The molecular weight excluding hydrogens is 232 g/mol. The van der Waals surface area contributed by atoms with Gasteiger partial charge in [-0.2, -0.15) is 0 Å². The first-order chi connectivity index (χ1) is 9.06. The van der Waals surface area contributed by atoms with Gasteiger partial charge in [0.25, 0.3) is 0 Å². The molecule has 19 heavy (non-hydrogen) atoms. The molecule has 0 heterocycles. The van der Waals surface area contributed by atoms with E-state index >= 15 is 0 Å². The van der Waals surface area contributed by atoms with Crippen molar-refractivity contribution in [2.24, 2.45) is 0 Å². The predicted molar refractivity (Wildman–Crippen MR) is 82.9 cm³/mol. The van der Waals surface area contributed by atoms with Gasteiger partial charge in [-0.05, 0) is 69.3 Å². The van der Waals surface area contributed by atoms with Crippen LogP contribution < -0.4 is 5.32 Å². The molecule has 1 N–H and O–H groups in total. The molecule has 1 saturated carbocycles. The smallest absolute Gasteiger partial charge is 0.0104 e. The normalized spacial score (nSPS) is 15.2. The third-order valence-corrected chi connectivity index (χ3v) is 4.22. The molecule has 0 aliphatic heterocycles. The van der Waals surface area contributed by atoms with Gasteiger partial charge in [-0.3, -0.25) is 0 Å². The Hall–Kier alpha value is -0.860. The average molecular weight is 260 g/mol. The van der Waals surface area contributed by atoms with Crippen molar-refractivity contribution < 1.29 is 0 Å². The van der Waals surface area contributed by atoms with Crippen LogP contribution in [0.2, 0.25) is 0 Å². The number of nitrogens with zero attached hydrogens (tertiary/aromatic N) is 1.